The van der Waals surface area contributed by atoms with Gasteiger partial charge in [0, 0.05) is 22.5 Å². The molecule has 3 rings (SSSR count). The summed E-state index contributed by atoms with van der Waals surface area (Å²) in [6.45, 7) is 5.23. The van der Waals surface area contributed by atoms with E-state index < -0.39 is 10.0 Å². The molecule has 0 aliphatic carbocycles. The van der Waals surface area contributed by atoms with Gasteiger partial charge in [-0.05, 0) is 80.4 Å². The highest BCUT2D eigenvalue weighted by Crippen LogP contribution is 2.20. The highest BCUT2D eigenvalue weighted by molar-refractivity contribution is 7.92. The quantitative estimate of drug-likeness (QED) is 0.570. The third kappa shape index (κ3) is 4.93. The van der Waals surface area contributed by atoms with E-state index in [2.05, 4.69) is 10.0 Å². The lowest BCUT2D eigenvalue weighted by atomic mass is 10.1. The van der Waals surface area contributed by atoms with E-state index in [9.17, 15) is 18.0 Å². The molecule has 154 valence electrons. The second kappa shape index (κ2) is 8.51. The molecule has 3 aromatic carbocycles. The lowest BCUT2D eigenvalue weighted by Crippen LogP contribution is -2.14. The van der Waals surface area contributed by atoms with Gasteiger partial charge in [0.2, 0.25) is 0 Å². The van der Waals surface area contributed by atoms with Crippen molar-refractivity contribution in [3.05, 3.63) is 89.0 Å². The molecule has 0 heterocycles. The maximum absolute atomic E-state index is 12.6. The molecule has 0 unspecified atom stereocenters. The van der Waals surface area contributed by atoms with Gasteiger partial charge in [-0.2, -0.15) is 0 Å². The summed E-state index contributed by atoms with van der Waals surface area (Å²) in [5.41, 5.74) is 3.62. The Morgan fingerprint density at radius 1 is 0.767 bits per heavy atom. The highest BCUT2D eigenvalue weighted by atomic mass is 32.2. The summed E-state index contributed by atoms with van der Waals surface area (Å²) in [5, 5.41) is 2.73. The van der Waals surface area contributed by atoms with Crippen LogP contribution in [0.3, 0.4) is 0 Å². The number of hydrogen-bond acceptors (Lipinski definition) is 4. The first-order valence-corrected chi connectivity index (χ1v) is 10.8. The molecular formula is C23H22N2O4S. The Bertz CT molecular complexity index is 1220. The van der Waals surface area contributed by atoms with E-state index in [1.165, 1.54) is 31.2 Å². The second-order valence-electron chi connectivity index (χ2n) is 7.02. The van der Waals surface area contributed by atoms with Crippen molar-refractivity contribution in [3.63, 3.8) is 0 Å². The molecule has 0 saturated heterocycles. The smallest absolute Gasteiger partial charge is 0.261 e. The van der Waals surface area contributed by atoms with Gasteiger partial charge in [0.05, 0.1) is 4.90 Å². The zero-order valence-corrected chi connectivity index (χ0v) is 17.7. The minimum Gasteiger partial charge on any atom is -0.322 e. The predicted octanol–water partition coefficient (Wildman–Crippen LogP) is 4.56. The topological polar surface area (TPSA) is 92.3 Å². The number of nitrogens with one attached hydrogen (secondary N) is 2. The van der Waals surface area contributed by atoms with Crippen molar-refractivity contribution < 1.29 is 18.0 Å². The van der Waals surface area contributed by atoms with Crippen LogP contribution >= 0.6 is 0 Å². The second-order valence-corrected chi connectivity index (χ2v) is 8.70. The van der Waals surface area contributed by atoms with E-state index in [1.54, 1.807) is 42.5 Å². The fourth-order valence-electron chi connectivity index (χ4n) is 2.80. The minimum absolute atomic E-state index is 0.0912. The largest absolute Gasteiger partial charge is 0.322 e. The SMILES string of the molecule is CC(=O)c1cccc(NC(=O)c2ccc(NS(=O)(=O)c3ccc(C)c(C)c3)cc2)c1. The normalized spacial score (nSPS) is 11.0. The molecule has 0 atom stereocenters. The standard InChI is InChI=1S/C23H22N2O4S/c1-15-7-12-22(13-16(15)2)30(28,29)25-20-10-8-18(9-11-20)23(27)24-21-6-4-5-19(14-21)17(3)26/h4-14,25H,1-3H3,(H,24,27). The van der Waals surface area contributed by atoms with E-state index in [0.29, 0.717) is 22.5 Å². The van der Waals surface area contributed by atoms with Gasteiger partial charge in [-0.25, -0.2) is 8.42 Å². The zero-order chi connectivity index (χ0) is 21.9. The summed E-state index contributed by atoms with van der Waals surface area (Å²) < 4.78 is 27.7. The number of hydrogen-bond donors (Lipinski definition) is 2. The van der Waals surface area contributed by atoms with Crippen LogP contribution in [0.5, 0.6) is 0 Å². The van der Waals surface area contributed by atoms with Gasteiger partial charge < -0.3 is 5.32 Å². The molecule has 0 aliphatic rings. The van der Waals surface area contributed by atoms with Crippen LogP contribution in [0.15, 0.2) is 71.6 Å². The molecule has 0 fully saturated rings. The van der Waals surface area contributed by atoms with Crippen molar-refractivity contribution in [3.8, 4) is 0 Å². The van der Waals surface area contributed by atoms with Crippen molar-refractivity contribution in [1.82, 2.24) is 0 Å². The molecule has 0 aliphatic heterocycles. The number of anilines is 2. The number of amides is 1. The van der Waals surface area contributed by atoms with E-state index in [1.807, 2.05) is 13.8 Å². The number of benzene rings is 3. The summed E-state index contributed by atoms with van der Waals surface area (Å²) in [6.07, 6.45) is 0. The Labute approximate surface area is 176 Å². The van der Waals surface area contributed by atoms with Gasteiger partial charge in [0.25, 0.3) is 15.9 Å². The van der Waals surface area contributed by atoms with Gasteiger partial charge in [-0.1, -0.05) is 18.2 Å². The van der Waals surface area contributed by atoms with E-state index >= 15 is 0 Å². The van der Waals surface area contributed by atoms with Gasteiger partial charge in [-0.3, -0.25) is 14.3 Å². The third-order valence-corrected chi connectivity index (χ3v) is 6.09. The molecule has 0 radical (unpaired) electrons. The first-order chi connectivity index (χ1) is 14.2. The van der Waals surface area contributed by atoms with Gasteiger partial charge in [0.15, 0.2) is 5.78 Å². The number of rotatable bonds is 6. The Hall–Kier alpha value is -3.45. The fraction of sp³-hybridized carbons (Fsp3) is 0.130. The number of Topliss-reactive ketones (excluding diaryl/α,β-unsaturated/α-hetero) is 1. The van der Waals surface area contributed by atoms with Crippen molar-refractivity contribution in [2.45, 2.75) is 25.7 Å². The summed E-state index contributed by atoms with van der Waals surface area (Å²) >= 11 is 0. The van der Waals surface area contributed by atoms with Crippen LogP contribution in [0.4, 0.5) is 11.4 Å². The number of carbonyl (C=O) groups is 2. The van der Waals surface area contributed by atoms with E-state index in [-0.39, 0.29) is 16.6 Å². The maximum Gasteiger partial charge on any atom is 0.261 e. The molecular weight excluding hydrogens is 400 g/mol. The van der Waals surface area contributed by atoms with Crippen molar-refractivity contribution in [1.29, 1.82) is 0 Å². The predicted molar refractivity (Wildman–Crippen MR) is 118 cm³/mol. The average Bonchev–Trinajstić information content (AvgIpc) is 2.70. The number of sulfonamides is 1. The molecule has 6 nitrogen and oxygen atoms in total. The van der Waals surface area contributed by atoms with E-state index in [4.69, 9.17) is 0 Å². The molecule has 0 bridgehead atoms. The van der Waals surface area contributed by atoms with Crippen LogP contribution in [0.1, 0.15) is 38.8 Å². The summed E-state index contributed by atoms with van der Waals surface area (Å²) in [7, 11) is -3.73. The fourth-order valence-corrected chi connectivity index (χ4v) is 3.95. The zero-order valence-electron chi connectivity index (χ0n) is 16.9. The monoisotopic (exact) mass is 422 g/mol. The summed E-state index contributed by atoms with van der Waals surface area (Å²) in [5.74, 6) is -0.453. The van der Waals surface area contributed by atoms with Crippen molar-refractivity contribution in [2.75, 3.05) is 10.0 Å². The van der Waals surface area contributed by atoms with Crippen molar-refractivity contribution >= 4 is 33.1 Å². The van der Waals surface area contributed by atoms with Gasteiger partial charge >= 0.3 is 0 Å². The molecule has 2 N–H and O–H groups in total. The maximum atomic E-state index is 12.6. The van der Waals surface area contributed by atoms with Crippen LogP contribution in [0.2, 0.25) is 0 Å². The molecule has 0 saturated carbocycles. The Morgan fingerprint density at radius 3 is 2.10 bits per heavy atom. The Kier molecular flexibility index (Phi) is 6.03. The molecule has 3 aromatic rings. The molecule has 0 aromatic heterocycles. The first kappa shape index (κ1) is 21.3. The van der Waals surface area contributed by atoms with Crippen LogP contribution < -0.4 is 10.0 Å². The number of ketones is 1. The summed E-state index contributed by atoms with van der Waals surface area (Å²) in [4.78, 5) is 24.1. The van der Waals surface area contributed by atoms with Gasteiger partial charge in [-0.15, -0.1) is 0 Å². The summed E-state index contributed by atoms with van der Waals surface area (Å²) in [6, 6.07) is 17.7. The average molecular weight is 423 g/mol. The van der Waals surface area contributed by atoms with Crippen LogP contribution in [-0.2, 0) is 10.0 Å². The Balaban J connectivity index is 1.72. The van der Waals surface area contributed by atoms with Crippen LogP contribution in [-0.4, -0.2) is 20.1 Å². The third-order valence-electron chi connectivity index (χ3n) is 4.71. The highest BCUT2D eigenvalue weighted by Gasteiger charge is 2.15. The molecule has 7 heteroatoms. The molecule has 30 heavy (non-hydrogen) atoms. The molecule has 0 spiro atoms. The van der Waals surface area contributed by atoms with E-state index in [0.717, 1.165) is 11.1 Å². The van der Waals surface area contributed by atoms with Crippen LogP contribution in [0, 0.1) is 13.8 Å². The number of carbonyl (C=O) groups excluding carboxylic acids is 2. The first-order valence-electron chi connectivity index (χ1n) is 9.28. The van der Waals surface area contributed by atoms with Crippen LogP contribution in [0.25, 0.3) is 0 Å². The molecule has 1 amide bonds. The lowest BCUT2D eigenvalue weighted by molar-refractivity contribution is 0.101. The number of aryl methyl sites for hydroxylation is 2. The van der Waals surface area contributed by atoms with Gasteiger partial charge in [0.1, 0.15) is 0 Å². The Morgan fingerprint density at radius 2 is 1.47 bits per heavy atom. The minimum atomic E-state index is -3.73. The lowest BCUT2D eigenvalue weighted by Gasteiger charge is -2.11. The van der Waals surface area contributed by atoms with Crippen molar-refractivity contribution in [2.24, 2.45) is 0 Å².